The highest BCUT2D eigenvalue weighted by Gasteiger charge is 2.22. The van der Waals surface area contributed by atoms with Gasteiger partial charge in [0.1, 0.15) is 18.2 Å². The van der Waals surface area contributed by atoms with E-state index >= 15 is 0 Å². The minimum atomic E-state index is -0.371. The summed E-state index contributed by atoms with van der Waals surface area (Å²) in [6.45, 7) is 2.45. The normalized spacial score (nSPS) is 14.6. The van der Waals surface area contributed by atoms with Crippen molar-refractivity contribution in [2.24, 2.45) is 0 Å². The Bertz CT molecular complexity index is 798. The molecule has 0 spiro atoms. The van der Waals surface area contributed by atoms with Crippen LogP contribution in [-0.4, -0.2) is 60.5 Å². The average Bonchev–Trinajstić information content (AvgIpc) is 2.63. The van der Waals surface area contributed by atoms with Gasteiger partial charge in [0.05, 0.1) is 5.69 Å². The standard InChI is InChI=1S/C17H19FN4O3/c1-25-12-17(24)21-10-8-20(9-11-21)15-6-7-16(23)22(19-15)14-4-2-13(18)3-5-14/h2-7H,8-12H2,1H3. The highest BCUT2D eigenvalue weighted by Crippen LogP contribution is 2.14. The third-order valence-electron chi connectivity index (χ3n) is 4.08. The molecule has 8 heteroatoms. The first-order chi connectivity index (χ1) is 12.1. The van der Waals surface area contributed by atoms with Crippen molar-refractivity contribution in [2.75, 3.05) is 44.8 Å². The summed E-state index contributed by atoms with van der Waals surface area (Å²) in [4.78, 5) is 27.7. The number of methoxy groups -OCH3 is 1. The second-order valence-corrected chi connectivity index (χ2v) is 5.72. The van der Waals surface area contributed by atoms with Crippen LogP contribution in [0.1, 0.15) is 0 Å². The molecule has 0 aliphatic carbocycles. The van der Waals surface area contributed by atoms with Crippen molar-refractivity contribution in [3.8, 4) is 5.69 Å². The fourth-order valence-corrected chi connectivity index (χ4v) is 2.74. The quantitative estimate of drug-likeness (QED) is 0.814. The van der Waals surface area contributed by atoms with E-state index < -0.39 is 0 Å². The molecule has 0 saturated carbocycles. The topological polar surface area (TPSA) is 67.7 Å². The maximum Gasteiger partial charge on any atom is 0.271 e. The molecule has 25 heavy (non-hydrogen) atoms. The van der Waals surface area contributed by atoms with Crippen molar-refractivity contribution in [1.82, 2.24) is 14.7 Å². The summed E-state index contributed by atoms with van der Waals surface area (Å²) < 4.78 is 19.2. The summed E-state index contributed by atoms with van der Waals surface area (Å²) >= 11 is 0. The molecule has 7 nitrogen and oxygen atoms in total. The van der Waals surface area contributed by atoms with Gasteiger partial charge in [0.15, 0.2) is 0 Å². The highest BCUT2D eigenvalue weighted by atomic mass is 19.1. The molecule has 1 saturated heterocycles. The van der Waals surface area contributed by atoms with Crippen LogP contribution in [0.3, 0.4) is 0 Å². The van der Waals surface area contributed by atoms with Gasteiger partial charge in [-0.05, 0) is 30.3 Å². The lowest BCUT2D eigenvalue weighted by molar-refractivity contribution is -0.135. The Kier molecular flexibility index (Phi) is 5.08. The van der Waals surface area contributed by atoms with Crippen molar-refractivity contribution in [3.63, 3.8) is 0 Å². The molecule has 0 N–H and O–H groups in total. The Hall–Kier alpha value is -2.74. The maximum absolute atomic E-state index is 13.1. The zero-order valence-corrected chi connectivity index (χ0v) is 13.9. The lowest BCUT2D eigenvalue weighted by Gasteiger charge is -2.35. The molecule has 0 radical (unpaired) electrons. The van der Waals surface area contributed by atoms with Gasteiger partial charge in [0.25, 0.3) is 5.56 Å². The predicted octanol–water partition coefficient (Wildman–Crippen LogP) is 0.667. The van der Waals surface area contributed by atoms with E-state index in [9.17, 15) is 14.0 Å². The number of carbonyl (C=O) groups is 1. The van der Waals surface area contributed by atoms with Gasteiger partial charge in [-0.2, -0.15) is 4.68 Å². The third-order valence-corrected chi connectivity index (χ3v) is 4.08. The van der Waals surface area contributed by atoms with Crippen LogP contribution in [0.25, 0.3) is 5.69 Å². The first-order valence-electron chi connectivity index (χ1n) is 7.96. The van der Waals surface area contributed by atoms with E-state index in [1.165, 1.54) is 42.1 Å². The molecule has 3 rings (SSSR count). The third kappa shape index (κ3) is 3.85. The zero-order chi connectivity index (χ0) is 17.8. The lowest BCUT2D eigenvalue weighted by Crippen LogP contribution is -2.50. The summed E-state index contributed by atoms with van der Waals surface area (Å²) in [6.07, 6.45) is 0. The molecule has 2 heterocycles. The minimum absolute atomic E-state index is 0.0357. The molecule has 2 aromatic rings. The van der Waals surface area contributed by atoms with Gasteiger partial charge in [-0.1, -0.05) is 0 Å². The number of nitrogens with zero attached hydrogens (tertiary/aromatic N) is 4. The van der Waals surface area contributed by atoms with Gasteiger partial charge < -0.3 is 14.5 Å². The molecule has 0 atom stereocenters. The van der Waals surface area contributed by atoms with Crippen molar-refractivity contribution >= 4 is 11.7 Å². The molecular weight excluding hydrogens is 327 g/mol. The number of amides is 1. The second kappa shape index (κ2) is 7.43. The van der Waals surface area contributed by atoms with Crippen LogP contribution in [0.4, 0.5) is 10.2 Å². The highest BCUT2D eigenvalue weighted by molar-refractivity contribution is 5.77. The van der Waals surface area contributed by atoms with Crippen molar-refractivity contribution < 1.29 is 13.9 Å². The Morgan fingerprint density at radius 3 is 2.44 bits per heavy atom. The smallest absolute Gasteiger partial charge is 0.271 e. The lowest BCUT2D eigenvalue weighted by atomic mass is 10.3. The van der Waals surface area contributed by atoms with Crippen LogP contribution < -0.4 is 10.5 Å². The Morgan fingerprint density at radius 2 is 1.80 bits per heavy atom. The number of rotatable bonds is 4. The van der Waals surface area contributed by atoms with E-state index in [-0.39, 0.29) is 23.9 Å². The van der Waals surface area contributed by atoms with E-state index in [1.807, 2.05) is 4.90 Å². The largest absolute Gasteiger partial charge is 0.375 e. The molecule has 1 aliphatic heterocycles. The first kappa shape index (κ1) is 17.1. The molecule has 132 valence electrons. The summed E-state index contributed by atoms with van der Waals surface area (Å²) in [6, 6.07) is 8.69. The van der Waals surface area contributed by atoms with Crippen molar-refractivity contribution in [3.05, 3.63) is 52.6 Å². The van der Waals surface area contributed by atoms with E-state index in [2.05, 4.69) is 5.10 Å². The number of benzene rings is 1. The van der Waals surface area contributed by atoms with Crippen LogP contribution in [0.15, 0.2) is 41.2 Å². The second-order valence-electron chi connectivity index (χ2n) is 5.72. The summed E-state index contributed by atoms with van der Waals surface area (Å²) in [7, 11) is 1.50. The number of halogens is 1. The van der Waals surface area contributed by atoms with Gasteiger partial charge in [-0.25, -0.2) is 4.39 Å². The number of anilines is 1. The van der Waals surface area contributed by atoms with Crippen molar-refractivity contribution in [1.29, 1.82) is 0 Å². The number of hydrogen-bond donors (Lipinski definition) is 0. The molecule has 0 bridgehead atoms. The monoisotopic (exact) mass is 346 g/mol. The van der Waals surface area contributed by atoms with E-state index in [0.29, 0.717) is 37.7 Å². The van der Waals surface area contributed by atoms with Crippen molar-refractivity contribution in [2.45, 2.75) is 0 Å². The number of ether oxygens (including phenoxy) is 1. The van der Waals surface area contributed by atoms with Crippen LogP contribution in [-0.2, 0) is 9.53 Å². The molecular formula is C17H19FN4O3. The molecule has 1 aromatic heterocycles. The van der Waals surface area contributed by atoms with E-state index in [4.69, 9.17) is 4.74 Å². The zero-order valence-electron chi connectivity index (χ0n) is 13.9. The summed E-state index contributed by atoms with van der Waals surface area (Å²) in [5.74, 6) is 0.235. The minimum Gasteiger partial charge on any atom is -0.375 e. The van der Waals surface area contributed by atoms with Gasteiger partial charge >= 0.3 is 0 Å². The summed E-state index contributed by atoms with van der Waals surface area (Å²) in [5, 5.41) is 4.38. The fraction of sp³-hybridized carbons (Fsp3) is 0.353. The van der Waals surface area contributed by atoms with Crippen LogP contribution in [0, 0.1) is 5.82 Å². The Morgan fingerprint density at radius 1 is 1.12 bits per heavy atom. The number of hydrogen-bond acceptors (Lipinski definition) is 5. The predicted molar refractivity (Wildman–Crippen MR) is 90.5 cm³/mol. The summed E-state index contributed by atoms with van der Waals surface area (Å²) in [5.41, 5.74) is 0.214. The Labute approximate surface area is 144 Å². The number of carbonyl (C=O) groups excluding carboxylic acids is 1. The van der Waals surface area contributed by atoms with Gasteiger partial charge in [0, 0.05) is 39.4 Å². The molecule has 0 unspecified atom stereocenters. The SMILES string of the molecule is COCC(=O)N1CCN(c2ccc(=O)n(-c3ccc(F)cc3)n2)CC1. The van der Waals surface area contributed by atoms with Gasteiger partial charge in [-0.15, -0.1) is 5.10 Å². The molecule has 1 fully saturated rings. The fourth-order valence-electron chi connectivity index (χ4n) is 2.74. The van der Waals surface area contributed by atoms with E-state index in [1.54, 1.807) is 11.0 Å². The molecule has 1 amide bonds. The average molecular weight is 346 g/mol. The maximum atomic E-state index is 13.1. The number of aromatic nitrogens is 2. The van der Waals surface area contributed by atoms with Crippen LogP contribution >= 0.6 is 0 Å². The Balaban J connectivity index is 1.76. The van der Waals surface area contributed by atoms with Crippen LogP contribution in [0.2, 0.25) is 0 Å². The van der Waals surface area contributed by atoms with Crippen LogP contribution in [0.5, 0.6) is 0 Å². The first-order valence-corrected chi connectivity index (χ1v) is 7.96. The van der Waals surface area contributed by atoms with E-state index in [0.717, 1.165) is 0 Å². The molecule has 1 aliphatic rings. The number of piperazine rings is 1. The van der Waals surface area contributed by atoms with Gasteiger partial charge in [-0.3, -0.25) is 9.59 Å². The molecule has 1 aromatic carbocycles. The van der Waals surface area contributed by atoms with Gasteiger partial charge in [0.2, 0.25) is 5.91 Å².